The zero-order valence-corrected chi connectivity index (χ0v) is 9.32. The number of benzene rings is 1. The van der Waals surface area contributed by atoms with Gasteiger partial charge in [0.05, 0.1) is 6.04 Å². The number of halogens is 2. The predicted octanol–water partition coefficient (Wildman–Crippen LogP) is 1.90. The molecule has 1 saturated heterocycles. The third kappa shape index (κ3) is 2.44. The molecule has 0 aromatic heterocycles. The van der Waals surface area contributed by atoms with Crippen molar-refractivity contribution in [2.75, 3.05) is 6.61 Å². The Bertz CT molecular complexity index is 408. The molecular weight excluding hydrogens is 228 g/mol. The van der Waals surface area contributed by atoms with Crippen molar-refractivity contribution in [3.05, 3.63) is 35.9 Å². The van der Waals surface area contributed by atoms with E-state index in [4.69, 9.17) is 4.74 Å². The Labute approximate surface area is 97.8 Å². The lowest BCUT2D eigenvalue weighted by atomic mass is 10.1. The Hall–Kier alpha value is -1.49. The molecule has 0 aliphatic carbocycles. The molecule has 2 atom stereocenters. The molecule has 1 fully saturated rings. The Morgan fingerprint density at radius 2 is 2.00 bits per heavy atom. The topological polar surface area (TPSA) is 38.3 Å². The first kappa shape index (κ1) is 12.0. The second-order valence-corrected chi connectivity index (χ2v) is 4.09. The van der Waals surface area contributed by atoms with E-state index in [0.29, 0.717) is 5.56 Å². The molecule has 0 spiro atoms. The van der Waals surface area contributed by atoms with Crippen molar-refractivity contribution in [1.29, 1.82) is 0 Å². The summed E-state index contributed by atoms with van der Waals surface area (Å²) < 4.78 is 31.8. The van der Waals surface area contributed by atoms with Crippen LogP contribution in [-0.2, 0) is 9.53 Å². The summed E-state index contributed by atoms with van der Waals surface area (Å²) in [5, 5.41) is 2.27. The van der Waals surface area contributed by atoms with E-state index in [1.54, 1.807) is 30.3 Å². The summed E-state index contributed by atoms with van der Waals surface area (Å²) in [6, 6.07) is 7.40. The van der Waals surface area contributed by atoms with Gasteiger partial charge < -0.3 is 10.1 Å². The van der Waals surface area contributed by atoms with Gasteiger partial charge >= 0.3 is 0 Å². The maximum absolute atomic E-state index is 13.4. The van der Waals surface area contributed by atoms with E-state index < -0.39 is 30.6 Å². The highest BCUT2D eigenvalue weighted by Gasteiger charge is 2.43. The van der Waals surface area contributed by atoms with Crippen molar-refractivity contribution >= 4 is 5.91 Å². The van der Waals surface area contributed by atoms with Crippen LogP contribution in [0.3, 0.4) is 0 Å². The number of rotatable bonds is 1. The number of nitrogens with one attached hydrogen (secondary N) is 1. The maximum atomic E-state index is 13.4. The van der Waals surface area contributed by atoms with Crippen LogP contribution in [0.1, 0.15) is 18.6 Å². The van der Waals surface area contributed by atoms with E-state index in [1.165, 1.54) is 6.92 Å². The highest BCUT2D eigenvalue weighted by molar-refractivity contribution is 5.82. The number of ether oxygens (including phenoxy) is 1. The number of amides is 1. The van der Waals surface area contributed by atoms with Gasteiger partial charge in [-0.15, -0.1) is 0 Å². The number of hydrogen-bond donors (Lipinski definition) is 1. The number of carbonyl (C=O) groups excluding carboxylic acids is 1. The lowest BCUT2D eigenvalue weighted by molar-refractivity contribution is -0.133. The van der Waals surface area contributed by atoms with Gasteiger partial charge in [0, 0.05) is 0 Å². The zero-order valence-electron chi connectivity index (χ0n) is 9.32. The quantitative estimate of drug-likeness (QED) is 0.815. The van der Waals surface area contributed by atoms with E-state index in [2.05, 4.69) is 5.32 Å². The molecule has 5 heteroatoms. The minimum Gasteiger partial charge on any atom is -0.357 e. The van der Waals surface area contributed by atoms with Crippen molar-refractivity contribution < 1.29 is 18.3 Å². The molecular formula is C12H13F2NO2. The normalized spacial score (nSPS) is 28.3. The van der Waals surface area contributed by atoms with Crippen LogP contribution in [0.2, 0.25) is 0 Å². The zero-order chi connectivity index (χ0) is 12.5. The standard InChI is InChI=1S/C12H13F2NO2/c1-8-12(13,14)7-17-10(11(16)15-8)9-5-3-2-4-6-9/h2-6,8,10H,7H2,1H3,(H,15,16). The van der Waals surface area contributed by atoms with Gasteiger partial charge in [0.1, 0.15) is 6.61 Å². The number of hydrogen-bond acceptors (Lipinski definition) is 2. The van der Waals surface area contributed by atoms with Gasteiger partial charge in [0.2, 0.25) is 0 Å². The fraction of sp³-hybridized carbons (Fsp3) is 0.417. The van der Waals surface area contributed by atoms with Gasteiger partial charge in [-0.1, -0.05) is 30.3 Å². The van der Waals surface area contributed by atoms with E-state index in [1.807, 2.05) is 0 Å². The molecule has 0 bridgehead atoms. The van der Waals surface area contributed by atoms with Gasteiger partial charge in [-0.05, 0) is 12.5 Å². The Morgan fingerprint density at radius 1 is 1.35 bits per heavy atom. The molecule has 1 amide bonds. The number of alkyl halides is 2. The first-order valence-corrected chi connectivity index (χ1v) is 5.35. The van der Waals surface area contributed by atoms with Crippen molar-refractivity contribution in [1.82, 2.24) is 5.32 Å². The Kier molecular flexibility index (Phi) is 3.11. The molecule has 1 N–H and O–H groups in total. The van der Waals surface area contributed by atoms with Crippen LogP contribution in [-0.4, -0.2) is 24.5 Å². The summed E-state index contributed by atoms with van der Waals surface area (Å²) in [6.45, 7) is 0.515. The molecule has 2 unspecified atom stereocenters. The molecule has 3 nitrogen and oxygen atoms in total. The van der Waals surface area contributed by atoms with Crippen LogP contribution in [0.5, 0.6) is 0 Å². The van der Waals surface area contributed by atoms with Crippen molar-refractivity contribution in [2.45, 2.75) is 25.0 Å². The average Bonchev–Trinajstić information content (AvgIpc) is 2.39. The lowest BCUT2D eigenvalue weighted by Gasteiger charge is -2.19. The highest BCUT2D eigenvalue weighted by Crippen LogP contribution is 2.28. The molecule has 17 heavy (non-hydrogen) atoms. The average molecular weight is 241 g/mol. The summed E-state index contributed by atoms with van der Waals surface area (Å²) >= 11 is 0. The first-order valence-electron chi connectivity index (χ1n) is 5.35. The third-order valence-corrected chi connectivity index (χ3v) is 2.78. The summed E-state index contributed by atoms with van der Waals surface area (Å²) in [6.07, 6.45) is -0.966. The van der Waals surface area contributed by atoms with Crippen molar-refractivity contribution in [2.24, 2.45) is 0 Å². The predicted molar refractivity (Wildman–Crippen MR) is 57.7 cm³/mol. The van der Waals surface area contributed by atoms with Gasteiger partial charge in [0.15, 0.2) is 6.10 Å². The molecule has 2 rings (SSSR count). The molecule has 1 heterocycles. The smallest absolute Gasteiger partial charge is 0.290 e. The molecule has 1 aliphatic heterocycles. The lowest BCUT2D eigenvalue weighted by Crippen LogP contribution is -2.45. The van der Waals surface area contributed by atoms with Crippen molar-refractivity contribution in [3.63, 3.8) is 0 Å². The fourth-order valence-corrected chi connectivity index (χ4v) is 1.67. The summed E-state index contributed by atoms with van der Waals surface area (Å²) in [5.41, 5.74) is 0.579. The van der Waals surface area contributed by atoms with Gasteiger partial charge in [-0.25, -0.2) is 8.78 Å². The molecule has 0 saturated carbocycles. The second-order valence-electron chi connectivity index (χ2n) is 4.09. The summed E-state index contributed by atoms with van der Waals surface area (Å²) in [5.74, 6) is -3.57. The minimum absolute atomic E-state index is 0.527. The highest BCUT2D eigenvalue weighted by atomic mass is 19.3. The molecule has 0 radical (unpaired) electrons. The second kappa shape index (κ2) is 4.41. The van der Waals surface area contributed by atoms with Gasteiger partial charge in [-0.2, -0.15) is 0 Å². The van der Waals surface area contributed by atoms with Gasteiger partial charge in [-0.3, -0.25) is 4.79 Å². The van der Waals surface area contributed by atoms with Crippen LogP contribution < -0.4 is 5.32 Å². The molecule has 1 aliphatic rings. The number of carbonyl (C=O) groups is 1. The molecule has 1 aromatic rings. The van der Waals surface area contributed by atoms with E-state index in [-0.39, 0.29) is 0 Å². The Morgan fingerprint density at radius 3 is 2.65 bits per heavy atom. The van der Waals surface area contributed by atoms with Crippen LogP contribution >= 0.6 is 0 Å². The van der Waals surface area contributed by atoms with Crippen molar-refractivity contribution in [3.8, 4) is 0 Å². The monoisotopic (exact) mass is 241 g/mol. The van der Waals surface area contributed by atoms with Gasteiger partial charge in [0.25, 0.3) is 11.8 Å². The largest absolute Gasteiger partial charge is 0.357 e. The SMILES string of the molecule is CC1NC(=O)C(c2ccccc2)OCC1(F)F. The van der Waals surface area contributed by atoms with Crippen LogP contribution in [0.25, 0.3) is 0 Å². The third-order valence-electron chi connectivity index (χ3n) is 2.78. The van der Waals surface area contributed by atoms with Crippen LogP contribution in [0.15, 0.2) is 30.3 Å². The van der Waals surface area contributed by atoms with E-state index in [9.17, 15) is 13.6 Å². The first-order chi connectivity index (χ1) is 8.00. The summed E-state index contributed by atoms with van der Waals surface area (Å²) in [4.78, 5) is 11.7. The summed E-state index contributed by atoms with van der Waals surface area (Å²) in [7, 11) is 0. The van der Waals surface area contributed by atoms with E-state index >= 15 is 0 Å². The minimum atomic E-state index is -3.04. The maximum Gasteiger partial charge on any atom is 0.290 e. The van der Waals surface area contributed by atoms with E-state index in [0.717, 1.165) is 0 Å². The molecule has 1 aromatic carbocycles. The van der Waals surface area contributed by atoms with Crippen LogP contribution in [0, 0.1) is 0 Å². The Balaban J connectivity index is 2.23. The molecule has 92 valence electrons. The fourth-order valence-electron chi connectivity index (χ4n) is 1.67. The van der Waals surface area contributed by atoms with Crippen LogP contribution in [0.4, 0.5) is 8.78 Å².